The van der Waals surface area contributed by atoms with E-state index in [0.717, 1.165) is 28.0 Å². The Morgan fingerprint density at radius 2 is 2.29 bits per heavy atom. The monoisotopic (exact) mass is 332 g/mol. The molecule has 2 aromatic rings. The van der Waals surface area contributed by atoms with Crippen molar-refractivity contribution in [3.8, 4) is 0 Å². The van der Waals surface area contributed by atoms with Crippen LogP contribution in [0.5, 0.6) is 0 Å². The van der Waals surface area contributed by atoms with Gasteiger partial charge in [-0.25, -0.2) is 9.78 Å². The van der Waals surface area contributed by atoms with E-state index in [0.29, 0.717) is 6.54 Å². The summed E-state index contributed by atoms with van der Waals surface area (Å²) in [7, 11) is 0. The molecule has 90 valence electrons. The average Bonchev–Trinajstić information content (AvgIpc) is 2.89. The van der Waals surface area contributed by atoms with Crippen LogP contribution in [0.3, 0.4) is 0 Å². The number of aromatic nitrogens is 1. The van der Waals surface area contributed by atoms with Gasteiger partial charge in [0.2, 0.25) is 5.01 Å². The molecule has 0 aliphatic heterocycles. The summed E-state index contributed by atoms with van der Waals surface area (Å²) in [5.74, 6) is -0.970. The van der Waals surface area contributed by atoms with Gasteiger partial charge in [-0.1, -0.05) is 0 Å². The van der Waals surface area contributed by atoms with Gasteiger partial charge in [-0.05, 0) is 27.4 Å². The molecule has 0 spiro atoms. The minimum absolute atomic E-state index is 0.138. The smallest absolute Gasteiger partial charge is 0.365 e. The Hall–Kier alpha value is -0.760. The zero-order valence-electron chi connectivity index (χ0n) is 8.64. The predicted molar refractivity (Wildman–Crippen MR) is 71.6 cm³/mol. The molecule has 0 radical (unpaired) electrons. The summed E-state index contributed by atoms with van der Waals surface area (Å²) >= 11 is 6.28. The molecular formula is C10H9BrN2O2S2. The van der Waals surface area contributed by atoms with Gasteiger partial charge in [-0.2, -0.15) is 0 Å². The van der Waals surface area contributed by atoms with Crippen LogP contribution in [0.15, 0.2) is 21.3 Å². The summed E-state index contributed by atoms with van der Waals surface area (Å²) in [6.45, 7) is 1.33. The first kappa shape index (κ1) is 12.7. The molecular weight excluding hydrogens is 324 g/mol. The Kier molecular flexibility index (Phi) is 4.27. The lowest BCUT2D eigenvalue weighted by molar-refractivity contribution is 0.0696. The highest BCUT2D eigenvalue weighted by molar-refractivity contribution is 9.10. The van der Waals surface area contributed by atoms with Crippen LogP contribution in [0.2, 0.25) is 0 Å². The van der Waals surface area contributed by atoms with Crippen molar-refractivity contribution in [1.82, 2.24) is 10.3 Å². The van der Waals surface area contributed by atoms with Crippen molar-refractivity contribution >= 4 is 44.6 Å². The fourth-order valence-electron chi connectivity index (χ4n) is 1.24. The van der Waals surface area contributed by atoms with Crippen molar-refractivity contribution < 1.29 is 9.90 Å². The van der Waals surface area contributed by atoms with E-state index in [1.165, 1.54) is 4.88 Å². The summed E-state index contributed by atoms with van der Waals surface area (Å²) in [4.78, 5) is 15.9. The molecule has 2 heterocycles. The molecule has 2 rings (SSSR count). The zero-order chi connectivity index (χ0) is 12.3. The molecule has 0 saturated heterocycles. The van der Waals surface area contributed by atoms with Crippen LogP contribution in [0.1, 0.15) is 20.4 Å². The summed E-state index contributed by atoms with van der Waals surface area (Å²) < 4.78 is 1.10. The van der Waals surface area contributed by atoms with Crippen molar-refractivity contribution in [1.29, 1.82) is 0 Å². The molecule has 2 N–H and O–H groups in total. The van der Waals surface area contributed by atoms with Crippen molar-refractivity contribution in [2.45, 2.75) is 13.1 Å². The number of nitrogens with zero attached hydrogens (tertiary/aromatic N) is 1. The van der Waals surface area contributed by atoms with Crippen LogP contribution in [-0.2, 0) is 13.1 Å². The highest BCUT2D eigenvalue weighted by Crippen LogP contribution is 2.22. The Morgan fingerprint density at radius 1 is 1.47 bits per heavy atom. The molecule has 4 nitrogen and oxygen atoms in total. The van der Waals surface area contributed by atoms with Crippen LogP contribution >= 0.6 is 38.6 Å². The van der Waals surface area contributed by atoms with Gasteiger partial charge < -0.3 is 10.4 Å². The minimum atomic E-state index is -0.970. The lowest BCUT2D eigenvalue weighted by Crippen LogP contribution is -2.12. The number of hydrogen-bond acceptors (Lipinski definition) is 5. The maximum atomic E-state index is 10.6. The van der Waals surface area contributed by atoms with E-state index in [4.69, 9.17) is 5.11 Å². The second kappa shape index (κ2) is 5.72. The second-order valence-corrected chi connectivity index (χ2v) is 5.96. The molecule has 7 heteroatoms. The highest BCUT2D eigenvalue weighted by Gasteiger charge is 2.08. The first-order valence-corrected chi connectivity index (χ1v) is 7.32. The molecule has 0 saturated carbocycles. The maximum Gasteiger partial charge on any atom is 0.365 e. The van der Waals surface area contributed by atoms with Gasteiger partial charge in [0.15, 0.2) is 0 Å². The third-order valence-corrected chi connectivity index (χ3v) is 4.82. The van der Waals surface area contributed by atoms with Crippen LogP contribution in [0.4, 0.5) is 0 Å². The Balaban J connectivity index is 1.86. The fourth-order valence-corrected chi connectivity index (χ4v) is 3.36. The number of thiazole rings is 1. The first-order valence-electron chi connectivity index (χ1n) is 4.77. The average molecular weight is 333 g/mol. The number of carbonyl (C=O) groups is 1. The number of carboxylic acids is 1. The number of aromatic carboxylic acids is 1. The number of carboxylic acid groups (broad SMARTS) is 1. The standard InChI is InChI=1S/C10H9BrN2O2S2/c11-7-1-2-16-8(7)4-12-3-6-5-17-9(13-6)10(14)15/h1-2,5,12H,3-4H2,(H,14,15). The molecule has 0 bridgehead atoms. The third-order valence-electron chi connectivity index (χ3n) is 2.02. The Labute approximate surface area is 114 Å². The van der Waals surface area contributed by atoms with Crippen molar-refractivity contribution in [3.05, 3.63) is 36.9 Å². The van der Waals surface area contributed by atoms with Gasteiger partial charge in [0, 0.05) is 27.8 Å². The fraction of sp³-hybridized carbons (Fsp3) is 0.200. The molecule has 17 heavy (non-hydrogen) atoms. The molecule has 2 aromatic heterocycles. The largest absolute Gasteiger partial charge is 0.476 e. The maximum absolute atomic E-state index is 10.6. The quantitative estimate of drug-likeness (QED) is 0.883. The molecule has 0 atom stereocenters. The molecule has 0 unspecified atom stereocenters. The SMILES string of the molecule is O=C(O)c1nc(CNCc2sccc2Br)cs1. The van der Waals surface area contributed by atoms with Gasteiger partial charge in [-0.3, -0.25) is 0 Å². The van der Waals surface area contributed by atoms with Gasteiger partial charge in [0.25, 0.3) is 0 Å². The number of thiophene rings is 1. The summed E-state index contributed by atoms with van der Waals surface area (Å²) in [5.41, 5.74) is 0.764. The van der Waals surface area contributed by atoms with E-state index in [2.05, 4.69) is 26.2 Å². The van der Waals surface area contributed by atoms with Crippen LogP contribution in [0, 0.1) is 0 Å². The van der Waals surface area contributed by atoms with Crippen molar-refractivity contribution in [2.24, 2.45) is 0 Å². The van der Waals surface area contributed by atoms with E-state index in [-0.39, 0.29) is 5.01 Å². The summed E-state index contributed by atoms with van der Waals surface area (Å²) in [6, 6.07) is 2.01. The Bertz CT molecular complexity index is 524. The first-order chi connectivity index (χ1) is 8.16. The highest BCUT2D eigenvalue weighted by atomic mass is 79.9. The molecule has 0 amide bonds. The molecule has 0 fully saturated rings. The van der Waals surface area contributed by atoms with Crippen LogP contribution < -0.4 is 5.32 Å². The third kappa shape index (κ3) is 3.35. The normalized spacial score (nSPS) is 10.6. The van der Waals surface area contributed by atoms with Gasteiger partial charge in [-0.15, -0.1) is 22.7 Å². The van der Waals surface area contributed by atoms with Crippen molar-refractivity contribution in [2.75, 3.05) is 0 Å². The second-order valence-electron chi connectivity index (χ2n) is 3.24. The molecule has 0 aromatic carbocycles. The summed E-state index contributed by atoms with van der Waals surface area (Å²) in [5, 5.41) is 15.9. The van der Waals surface area contributed by atoms with Gasteiger partial charge >= 0.3 is 5.97 Å². The Morgan fingerprint density at radius 3 is 2.88 bits per heavy atom. The van der Waals surface area contributed by atoms with Crippen LogP contribution in [-0.4, -0.2) is 16.1 Å². The number of nitrogens with one attached hydrogen (secondary N) is 1. The number of hydrogen-bond donors (Lipinski definition) is 2. The van der Waals surface area contributed by atoms with E-state index >= 15 is 0 Å². The van der Waals surface area contributed by atoms with E-state index in [1.54, 1.807) is 16.7 Å². The van der Waals surface area contributed by atoms with Gasteiger partial charge in [0.05, 0.1) is 5.69 Å². The van der Waals surface area contributed by atoms with Gasteiger partial charge in [0.1, 0.15) is 0 Å². The van der Waals surface area contributed by atoms with Crippen LogP contribution in [0.25, 0.3) is 0 Å². The molecule has 0 aliphatic carbocycles. The number of halogens is 1. The minimum Gasteiger partial charge on any atom is -0.476 e. The topological polar surface area (TPSA) is 62.2 Å². The van der Waals surface area contributed by atoms with E-state index in [9.17, 15) is 4.79 Å². The number of rotatable bonds is 5. The lowest BCUT2D eigenvalue weighted by Gasteiger charge is -2.00. The summed E-state index contributed by atoms with van der Waals surface area (Å²) in [6.07, 6.45) is 0. The van der Waals surface area contributed by atoms with E-state index in [1.807, 2.05) is 11.4 Å². The zero-order valence-corrected chi connectivity index (χ0v) is 11.9. The van der Waals surface area contributed by atoms with E-state index < -0.39 is 5.97 Å². The predicted octanol–water partition coefficient (Wildman–Crippen LogP) is 2.96. The lowest BCUT2D eigenvalue weighted by atomic mass is 10.4. The molecule has 0 aliphatic rings. The van der Waals surface area contributed by atoms with Crippen molar-refractivity contribution in [3.63, 3.8) is 0 Å².